The second-order valence-electron chi connectivity index (χ2n) is 4.46. The van der Waals surface area contributed by atoms with Crippen molar-refractivity contribution in [3.05, 3.63) is 36.2 Å². The molecule has 0 saturated heterocycles. The van der Waals surface area contributed by atoms with Crippen LogP contribution in [0.1, 0.15) is 12.1 Å². The Labute approximate surface area is 119 Å². The van der Waals surface area contributed by atoms with Crippen molar-refractivity contribution in [3.63, 3.8) is 0 Å². The smallest absolute Gasteiger partial charge is 0.333 e. The largest absolute Gasteiger partial charge is 0.493 e. The van der Waals surface area contributed by atoms with Gasteiger partial charge in [0, 0.05) is 6.42 Å². The highest BCUT2D eigenvalue weighted by molar-refractivity contribution is 7.92. The molecule has 0 unspecified atom stereocenters. The Morgan fingerprint density at radius 1 is 1.38 bits per heavy atom. The summed E-state index contributed by atoms with van der Waals surface area (Å²) in [7, 11) is -3.85. The second kappa shape index (κ2) is 4.99. The Hall–Kier alpha value is -2.16. The van der Waals surface area contributed by atoms with Crippen molar-refractivity contribution in [3.8, 4) is 5.75 Å². The molecule has 0 atom stereocenters. The third kappa shape index (κ3) is 2.68. The Balaban J connectivity index is 1.86. The number of nitrogens with zero attached hydrogens (tertiary/aromatic N) is 2. The van der Waals surface area contributed by atoms with Crippen molar-refractivity contribution in [2.45, 2.75) is 17.9 Å². The van der Waals surface area contributed by atoms with E-state index in [9.17, 15) is 17.2 Å². The molecule has 0 amide bonds. The van der Waals surface area contributed by atoms with Gasteiger partial charge in [-0.15, -0.1) is 0 Å². The average Bonchev–Trinajstić information content (AvgIpc) is 3.05. The van der Waals surface area contributed by atoms with Crippen LogP contribution in [-0.4, -0.2) is 24.8 Å². The van der Waals surface area contributed by atoms with Crippen LogP contribution in [0.5, 0.6) is 5.75 Å². The van der Waals surface area contributed by atoms with Crippen molar-refractivity contribution in [2.75, 3.05) is 11.3 Å². The molecule has 0 bridgehead atoms. The molecular weight excluding hydrogens is 304 g/mol. The molecule has 0 fully saturated rings. The SMILES string of the molecule is O=S(=O)(Nc1cnn(C(F)F)c1)c1ccc2c(c1)CCO2. The summed E-state index contributed by atoms with van der Waals surface area (Å²) in [6, 6.07) is 4.51. The van der Waals surface area contributed by atoms with Crippen LogP contribution in [0.2, 0.25) is 0 Å². The number of hydrogen-bond donors (Lipinski definition) is 1. The minimum atomic E-state index is -3.85. The number of rotatable bonds is 4. The summed E-state index contributed by atoms with van der Waals surface area (Å²) in [4.78, 5) is 0.0524. The summed E-state index contributed by atoms with van der Waals surface area (Å²) >= 11 is 0. The summed E-state index contributed by atoms with van der Waals surface area (Å²) in [6.45, 7) is -2.30. The van der Waals surface area contributed by atoms with Crippen molar-refractivity contribution >= 4 is 15.7 Å². The number of nitrogens with one attached hydrogen (secondary N) is 1. The normalized spacial score (nSPS) is 14.0. The first-order valence-electron chi connectivity index (χ1n) is 6.06. The molecule has 0 spiro atoms. The number of fused-ring (bicyclic) bond motifs is 1. The monoisotopic (exact) mass is 315 g/mol. The van der Waals surface area contributed by atoms with Gasteiger partial charge in [-0.25, -0.2) is 13.1 Å². The van der Waals surface area contributed by atoms with Gasteiger partial charge in [0.05, 0.1) is 29.6 Å². The van der Waals surface area contributed by atoms with Gasteiger partial charge < -0.3 is 4.74 Å². The minimum Gasteiger partial charge on any atom is -0.493 e. The van der Waals surface area contributed by atoms with Gasteiger partial charge >= 0.3 is 6.55 Å². The van der Waals surface area contributed by atoms with Crippen LogP contribution < -0.4 is 9.46 Å². The van der Waals surface area contributed by atoms with Gasteiger partial charge in [-0.2, -0.15) is 13.9 Å². The van der Waals surface area contributed by atoms with Crippen LogP contribution in [-0.2, 0) is 16.4 Å². The summed E-state index contributed by atoms with van der Waals surface area (Å²) in [5.74, 6) is 0.666. The average molecular weight is 315 g/mol. The number of benzene rings is 1. The summed E-state index contributed by atoms with van der Waals surface area (Å²) < 4.78 is 57.1. The van der Waals surface area contributed by atoms with Gasteiger partial charge in [-0.1, -0.05) is 0 Å². The number of sulfonamides is 1. The highest BCUT2D eigenvalue weighted by Crippen LogP contribution is 2.28. The maximum atomic E-state index is 12.4. The third-order valence-corrected chi connectivity index (χ3v) is 4.40. The lowest BCUT2D eigenvalue weighted by atomic mass is 10.2. The first-order chi connectivity index (χ1) is 9.95. The lowest BCUT2D eigenvalue weighted by Crippen LogP contribution is -2.12. The van der Waals surface area contributed by atoms with Crippen LogP contribution in [0, 0.1) is 0 Å². The predicted octanol–water partition coefficient (Wildman–Crippen LogP) is 2.01. The second-order valence-corrected chi connectivity index (χ2v) is 6.14. The van der Waals surface area contributed by atoms with Crippen LogP contribution in [0.3, 0.4) is 0 Å². The van der Waals surface area contributed by atoms with Crippen LogP contribution in [0.15, 0.2) is 35.5 Å². The Morgan fingerprint density at radius 3 is 2.90 bits per heavy atom. The van der Waals surface area contributed by atoms with Crippen molar-refractivity contribution in [1.82, 2.24) is 9.78 Å². The molecule has 0 radical (unpaired) electrons. The van der Waals surface area contributed by atoms with Crippen molar-refractivity contribution in [1.29, 1.82) is 0 Å². The molecule has 1 aliphatic heterocycles. The zero-order valence-electron chi connectivity index (χ0n) is 10.7. The molecule has 1 aromatic heterocycles. The van der Waals surface area contributed by atoms with Crippen molar-refractivity contribution in [2.24, 2.45) is 0 Å². The van der Waals surface area contributed by atoms with Gasteiger partial charge in [0.15, 0.2) is 0 Å². The number of aromatic nitrogens is 2. The van der Waals surface area contributed by atoms with E-state index < -0.39 is 16.6 Å². The lowest BCUT2D eigenvalue weighted by molar-refractivity contribution is 0.0566. The molecule has 1 N–H and O–H groups in total. The van der Waals surface area contributed by atoms with Gasteiger partial charge in [0.1, 0.15) is 5.75 Å². The van der Waals surface area contributed by atoms with Gasteiger partial charge in [0.25, 0.3) is 10.0 Å². The van der Waals surface area contributed by atoms with Gasteiger partial charge in [-0.05, 0) is 23.8 Å². The molecule has 1 aromatic carbocycles. The van der Waals surface area contributed by atoms with E-state index in [1.807, 2.05) is 0 Å². The molecule has 1 aliphatic rings. The zero-order valence-corrected chi connectivity index (χ0v) is 11.5. The molecule has 2 aromatic rings. The van der Waals surface area contributed by atoms with E-state index in [0.29, 0.717) is 23.5 Å². The summed E-state index contributed by atoms with van der Waals surface area (Å²) in [5, 5.41) is 3.37. The molecule has 112 valence electrons. The number of alkyl halides is 2. The fraction of sp³-hybridized carbons (Fsp3) is 0.250. The van der Waals surface area contributed by atoms with Gasteiger partial charge in [-0.3, -0.25) is 4.72 Å². The molecule has 21 heavy (non-hydrogen) atoms. The van der Waals surface area contributed by atoms with E-state index in [-0.39, 0.29) is 10.6 Å². The first-order valence-corrected chi connectivity index (χ1v) is 7.55. The Kier molecular flexibility index (Phi) is 3.28. The zero-order chi connectivity index (χ0) is 15.0. The summed E-state index contributed by atoms with van der Waals surface area (Å²) in [5.41, 5.74) is 0.785. The third-order valence-electron chi connectivity index (χ3n) is 3.02. The van der Waals surface area contributed by atoms with Gasteiger partial charge in [0.2, 0.25) is 0 Å². The molecule has 3 rings (SSSR count). The van der Waals surface area contributed by atoms with E-state index in [2.05, 4.69) is 9.82 Å². The molecule has 6 nitrogen and oxygen atoms in total. The molecule has 0 saturated carbocycles. The molecule has 0 aliphatic carbocycles. The maximum Gasteiger partial charge on any atom is 0.333 e. The number of hydrogen-bond acceptors (Lipinski definition) is 4. The Bertz CT molecular complexity index is 774. The lowest BCUT2D eigenvalue weighted by Gasteiger charge is -2.07. The molecular formula is C12H11F2N3O3S. The number of ether oxygens (including phenoxy) is 1. The first kappa shape index (κ1) is 13.8. The molecule has 9 heteroatoms. The predicted molar refractivity (Wildman–Crippen MR) is 69.9 cm³/mol. The van der Waals surface area contributed by atoms with Crippen LogP contribution in [0.25, 0.3) is 0 Å². The van der Waals surface area contributed by atoms with E-state index in [1.54, 1.807) is 6.07 Å². The van der Waals surface area contributed by atoms with Crippen molar-refractivity contribution < 1.29 is 21.9 Å². The standard InChI is InChI=1S/C12H11F2N3O3S/c13-12(14)17-7-9(6-15-17)16-21(18,19)10-1-2-11-8(5-10)3-4-20-11/h1-2,5-7,12,16H,3-4H2. The van der Waals surface area contributed by atoms with E-state index in [0.717, 1.165) is 18.0 Å². The quantitative estimate of drug-likeness (QED) is 0.937. The van der Waals surface area contributed by atoms with E-state index >= 15 is 0 Å². The number of halogens is 2. The highest BCUT2D eigenvalue weighted by atomic mass is 32.2. The highest BCUT2D eigenvalue weighted by Gasteiger charge is 2.20. The van der Waals surface area contributed by atoms with Crippen LogP contribution >= 0.6 is 0 Å². The molecule has 2 heterocycles. The Morgan fingerprint density at radius 2 is 2.19 bits per heavy atom. The summed E-state index contributed by atoms with van der Waals surface area (Å²) in [6.07, 6.45) is 2.60. The fourth-order valence-electron chi connectivity index (χ4n) is 2.04. The fourth-order valence-corrected chi connectivity index (χ4v) is 3.12. The van der Waals surface area contributed by atoms with E-state index in [4.69, 9.17) is 4.74 Å². The maximum absolute atomic E-state index is 12.4. The van der Waals surface area contributed by atoms with Crippen LogP contribution in [0.4, 0.5) is 14.5 Å². The minimum absolute atomic E-state index is 0.0213. The number of anilines is 1. The van der Waals surface area contributed by atoms with E-state index in [1.165, 1.54) is 12.1 Å². The topological polar surface area (TPSA) is 73.2 Å².